The molecule has 0 radical (unpaired) electrons. The van der Waals surface area contributed by atoms with Crippen molar-refractivity contribution in [1.82, 2.24) is 5.06 Å². The lowest BCUT2D eigenvalue weighted by Crippen LogP contribution is -2.37. The van der Waals surface area contributed by atoms with Gasteiger partial charge in [0.2, 0.25) is 0 Å². The summed E-state index contributed by atoms with van der Waals surface area (Å²) in [6.45, 7) is 5.11. The van der Waals surface area contributed by atoms with E-state index >= 15 is 0 Å². The molecule has 6 heteroatoms. The highest BCUT2D eigenvalue weighted by molar-refractivity contribution is 5.70. The fourth-order valence-corrected chi connectivity index (χ4v) is 0.767. The monoisotopic (exact) mass is 219 g/mol. The summed E-state index contributed by atoms with van der Waals surface area (Å²) in [6.07, 6.45) is -0.876. The van der Waals surface area contributed by atoms with E-state index in [0.717, 1.165) is 5.06 Å². The molecule has 0 atom stereocenters. The predicted octanol–water partition coefficient (Wildman–Crippen LogP) is 1.26. The molecule has 0 aliphatic carbocycles. The first kappa shape index (κ1) is 13.7. The molecule has 0 aliphatic heterocycles. The van der Waals surface area contributed by atoms with Crippen molar-refractivity contribution in [2.45, 2.75) is 32.8 Å². The third-order valence-corrected chi connectivity index (χ3v) is 1.35. The Bertz CT molecular complexity index is 233. The van der Waals surface area contributed by atoms with Gasteiger partial charge in [0.1, 0.15) is 5.60 Å². The van der Waals surface area contributed by atoms with Gasteiger partial charge in [0.25, 0.3) is 0 Å². The Kier molecular flexibility index (Phi) is 5.07. The normalized spacial score (nSPS) is 10.9. The Labute approximate surface area is 88.7 Å². The van der Waals surface area contributed by atoms with Crippen LogP contribution in [0.1, 0.15) is 27.2 Å². The van der Waals surface area contributed by atoms with Crippen molar-refractivity contribution in [1.29, 1.82) is 0 Å². The van der Waals surface area contributed by atoms with Crippen molar-refractivity contribution in [2.24, 2.45) is 0 Å². The second kappa shape index (κ2) is 5.55. The molecule has 15 heavy (non-hydrogen) atoms. The Hall–Kier alpha value is -1.30. The zero-order valence-corrected chi connectivity index (χ0v) is 9.44. The summed E-state index contributed by atoms with van der Waals surface area (Å²) in [5.74, 6) is -0.999. The molecule has 0 heterocycles. The van der Waals surface area contributed by atoms with Gasteiger partial charge in [0.05, 0.1) is 20.1 Å². The molecule has 0 aromatic carbocycles. The smallest absolute Gasteiger partial charge is 0.434 e. The van der Waals surface area contributed by atoms with E-state index in [0.29, 0.717) is 0 Å². The molecule has 0 saturated heterocycles. The van der Waals surface area contributed by atoms with Crippen LogP contribution in [0, 0.1) is 0 Å². The maximum atomic E-state index is 11.4. The van der Waals surface area contributed by atoms with E-state index in [1.807, 2.05) is 0 Å². The first-order chi connectivity index (χ1) is 6.76. The minimum atomic E-state index is -0.999. The Morgan fingerprint density at radius 1 is 1.33 bits per heavy atom. The van der Waals surface area contributed by atoms with Crippen LogP contribution < -0.4 is 0 Å². The van der Waals surface area contributed by atoms with E-state index in [-0.39, 0.29) is 13.0 Å². The number of aliphatic carboxylic acids is 1. The molecule has 0 rings (SSSR count). The van der Waals surface area contributed by atoms with Gasteiger partial charge < -0.3 is 9.84 Å². The van der Waals surface area contributed by atoms with E-state index in [4.69, 9.17) is 14.7 Å². The second-order valence-electron chi connectivity index (χ2n) is 3.91. The van der Waals surface area contributed by atoms with Gasteiger partial charge in [-0.15, -0.1) is 0 Å². The Morgan fingerprint density at radius 2 is 1.87 bits per heavy atom. The van der Waals surface area contributed by atoms with Crippen LogP contribution in [-0.2, 0) is 14.4 Å². The van der Waals surface area contributed by atoms with Crippen LogP contribution in [0.4, 0.5) is 4.79 Å². The molecule has 0 spiro atoms. The fourth-order valence-electron chi connectivity index (χ4n) is 0.767. The van der Waals surface area contributed by atoms with Crippen LogP contribution in [0.3, 0.4) is 0 Å². The van der Waals surface area contributed by atoms with Crippen molar-refractivity contribution in [3.63, 3.8) is 0 Å². The van der Waals surface area contributed by atoms with Gasteiger partial charge in [-0.05, 0) is 20.8 Å². The predicted molar refractivity (Wildman–Crippen MR) is 52.2 cm³/mol. The van der Waals surface area contributed by atoms with Crippen LogP contribution in [-0.4, -0.2) is 41.5 Å². The Balaban J connectivity index is 4.16. The van der Waals surface area contributed by atoms with Crippen molar-refractivity contribution < 1.29 is 24.3 Å². The lowest BCUT2D eigenvalue weighted by atomic mass is 10.2. The number of ether oxygens (including phenoxy) is 1. The third kappa shape index (κ3) is 6.73. The van der Waals surface area contributed by atoms with Crippen molar-refractivity contribution in [2.75, 3.05) is 13.7 Å². The third-order valence-electron chi connectivity index (χ3n) is 1.35. The average molecular weight is 219 g/mol. The summed E-state index contributed by atoms with van der Waals surface area (Å²) < 4.78 is 4.99. The van der Waals surface area contributed by atoms with E-state index in [2.05, 4.69) is 0 Å². The van der Waals surface area contributed by atoms with E-state index < -0.39 is 17.7 Å². The summed E-state index contributed by atoms with van der Waals surface area (Å²) >= 11 is 0. The number of carbonyl (C=O) groups excluding carboxylic acids is 1. The number of rotatable bonds is 4. The topological polar surface area (TPSA) is 76.1 Å². The molecule has 1 N–H and O–H groups in total. The van der Waals surface area contributed by atoms with Gasteiger partial charge in [-0.1, -0.05) is 0 Å². The highest BCUT2D eigenvalue weighted by Gasteiger charge is 2.22. The van der Waals surface area contributed by atoms with Gasteiger partial charge in [0.15, 0.2) is 0 Å². The molecule has 0 fully saturated rings. The zero-order chi connectivity index (χ0) is 12.1. The minimum Gasteiger partial charge on any atom is -0.481 e. The van der Waals surface area contributed by atoms with Gasteiger partial charge in [0, 0.05) is 0 Å². The molecule has 88 valence electrons. The lowest BCUT2D eigenvalue weighted by Gasteiger charge is -2.25. The first-order valence-corrected chi connectivity index (χ1v) is 4.52. The number of hydroxylamine groups is 2. The maximum Gasteiger partial charge on any atom is 0.434 e. The van der Waals surface area contributed by atoms with Gasteiger partial charge in [-0.3, -0.25) is 9.63 Å². The van der Waals surface area contributed by atoms with Crippen molar-refractivity contribution in [3.8, 4) is 0 Å². The molecule has 0 saturated carbocycles. The minimum absolute atomic E-state index is 0.0409. The number of hydrogen-bond donors (Lipinski definition) is 1. The zero-order valence-electron chi connectivity index (χ0n) is 9.44. The highest BCUT2D eigenvalue weighted by atomic mass is 16.7. The number of carboxylic acid groups (broad SMARTS) is 1. The fraction of sp³-hybridized carbons (Fsp3) is 0.778. The van der Waals surface area contributed by atoms with Crippen LogP contribution >= 0.6 is 0 Å². The van der Waals surface area contributed by atoms with Crippen LogP contribution in [0.15, 0.2) is 0 Å². The van der Waals surface area contributed by atoms with E-state index in [9.17, 15) is 9.59 Å². The maximum absolute atomic E-state index is 11.4. The van der Waals surface area contributed by atoms with Gasteiger partial charge >= 0.3 is 12.1 Å². The molecular weight excluding hydrogens is 202 g/mol. The lowest BCUT2D eigenvalue weighted by molar-refractivity contribution is -0.145. The number of hydrogen-bond acceptors (Lipinski definition) is 4. The largest absolute Gasteiger partial charge is 0.481 e. The Morgan fingerprint density at radius 3 is 2.20 bits per heavy atom. The van der Waals surface area contributed by atoms with E-state index in [1.54, 1.807) is 20.8 Å². The number of amides is 1. The summed E-state index contributed by atoms with van der Waals surface area (Å²) in [7, 11) is 1.28. The average Bonchev–Trinajstić information content (AvgIpc) is 2.01. The molecular formula is C9H17NO5. The van der Waals surface area contributed by atoms with Gasteiger partial charge in [-0.25, -0.2) is 4.79 Å². The molecule has 0 aromatic rings. The summed E-state index contributed by atoms with van der Waals surface area (Å²) in [5, 5.41) is 9.31. The first-order valence-electron chi connectivity index (χ1n) is 4.52. The van der Waals surface area contributed by atoms with Crippen LogP contribution in [0.2, 0.25) is 0 Å². The molecule has 6 nitrogen and oxygen atoms in total. The summed E-state index contributed by atoms with van der Waals surface area (Å²) in [5.41, 5.74) is -0.628. The summed E-state index contributed by atoms with van der Waals surface area (Å²) in [4.78, 5) is 26.4. The second-order valence-corrected chi connectivity index (χ2v) is 3.91. The molecule has 1 amide bonds. The van der Waals surface area contributed by atoms with E-state index in [1.165, 1.54) is 7.11 Å². The number of nitrogens with zero attached hydrogens (tertiary/aromatic N) is 1. The van der Waals surface area contributed by atoms with Crippen LogP contribution in [0.25, 0.3) is 0 Å². The van der Waals surface area contributed by atoms with Crippen molar-refractivity contribution >= 4 is 12.1 Å². The quantitative estimate of drug-likeness (QED) is 0.720. The van der Waals surface area contributed by atoms with Gasteiger partial charge in [-0.2, -0.15) is 5.06 Å². The number of carboxylic acids is 1. The van der Waals surface area contributed by atoms with Crippen LogP contribution in [0.5, 0.6) is 0 Å². The number of carbonyl (C=O) groups is 2. The highest BCUT2D eigenvalue weighted by Crippen LogP contribution is 2.10. The molecule has 0 bridgehead atoms. The standard InChI is InChI=1S/C9H17NO5/c1-9(2,3)15-8(13)10(14-4)6-5-7(11)12/h5-6H2,1-4H3,(H,11,12). The molecule has 0 aromatic heterocycles. The van der Waals surface area contributed by atoms with Crippen molar-refractivity contribution in [3.05, 3.63) is 0 Å². The molecule has 0 unspecified atom stereocenters. The molecule has 0 aliphatic rings. The summed E-state index contributed by atoms with van der Waals surface area (Å²) in [6, 6.07) is 0. The SMILES string of the molecule is CON(CCC(=O)O)C(=O)OC(C)(C)C.